The Morgan fingerprint density at radius 3 is 1.84 bits per heavy atom. The third-order valence-corrected chi connectivity index (χ3v) is 3.39. The Morgan fingerprint density at radius 1 is 1.00 bits per heavy atom. The maximum absolute atomic E-state index is 10.6. The standard InChI is InChI=1S/C16H24N2O/c1-10(2)14-8-7-9-15(11(3)4)16(14)17-12(5)13(6)18-19/h7-11,13H,1-6H3. The van der Waals surface area contributed by atoms with Crippen LogP contribution < -0.4 is 0 Å². The third kappa shape index (κ3) is 3.72. The SMILES string of the molecule is CC(=Nc1c(C(C)C)cccc1C(C)C)C(C)N=O. The molecule has 0 N–H and O–H groups in total. The highest BCUT2D eigenvalue weighted by atomic mass is 16.3. The van der Waals surface area contributed by atoms with Crippen LogP contribution >= 0.6 is 0 Å². The van der Waals surface area contributed by atoms with E-state index in [4.69, 9.17) is 4.99 Å². The molecule has 0 saturated heterocycles. The first-order chi connectivity index (χ1) is 8.88. The van der Waals surface area contributed by atoms with Crippen molar-refractivity contribution in [3.05, 3.63) is 34.2 Å². The van der Waals surface area contributed by atoms with Crippen molar-refractivity contribution in [2.75, 3.05) is 0 Å². The minimum atomic E-state index is -0.375. The van der Waals surface area contributed by atoms with Crippen LogP contribution in [0.1, 0.15) is 64.5 Å². The summed E-state index contributed by atoms with van der Waals surface area (Å²) in [4.78, 5) is 15.3. The minimum absolute atomic E-state index is 0.375. The van der Waals surface area contributed by atoms with Gasteiger partial charge in [-0.15, -0.1) is 0 Å². The molecule has 19 heavy (non-hydrogen) atoms. The number of rotatable bonds is 5. The maximum atomic E-state index is 10.6. The Balaban J connectivity index is 3.41. The highest BCUT2D eigenvalue weighted by molar-refractivity contribution is 5.90. The van der Waals surface area contributed by atoms with Gasteiger partial charge in [0.2, 0.25) is 0 Å². The zero-order valence-electron chi connectivity index (χ0n) is 12.8. The topological polar surface area (TPSA) is 41.8 Å². The minimum Gasteiger partial charge on any atom is -0.255 e. The van der Waals surface area contributed by atoms with Gasteiger partial charge < -0.3 is 0 Å². The summed E-state index contributed by atoms with van der Waals surface area (Å²) in [5.41, 5.74) is 4.23. The first-order valence-electron chi connectivity index (χ1n) is 6.88. The fourth-order valence-corrected chi connectivity index (χ4v) is 1.99. The van der Waals surface area contributed by atoms with Gasteiger partial charge in [0.1, 0.15) is 6.04 Å². The molecule has 0 aliphatic heterocycles. The fourth-order valence-electron chi connectivity index (χ4n) is 1.99. The van der Waals surface area contributed by atoms with E-state index in [-0.39, 0.29) is 6.04 Å². The highest BCUT2D eigenvalue weighted by Crippen LogP contribution is 2.35. The molecule has 0 aliphatic rings. The Hall–Kier alpha value is -1.51. The number of hydrogen-bond acceptors (Lipinski definition) is 3. The molecule has 0 bridgehead atoms. The molecule has 104 valence electrons. The van der Waals surface area contributed by atoms with Crippen molar-refractivity contribution in [2.24, 2.45) is 10.2 Å². The van der Waals surface area contributed by atoms with Crippen molar-refractivity contribution in [1.82, 2.24) is 0 Å². The largest absolute Gasteiger partial charge is 0.255 e. The number of aliphatic imine (C=N–C) groups is 1. The van der Waals surface area contributed by atoms with Crippen molar-refractivity contribution < 1.29 is 0 Å². The Morgan fingerprint density at radius 2 is 1.47 bits per heavy atom. The summed E-state index contributed by atoms with van der Waals surface area (Å²) in [6.07, 6.45) is 0. The van der Waals surface area contributed by atoms with Gasteiger partial charge in [-0.05, 0) is 36.8 Å². The molecule has 0 heterocycles. The fraction of sp³-hybridized carbons (Fsp3) is 0.562. The smallest absolute Gasteiger partial charge is 0.127 e. The monoisotopic (exact) mass is 260 g/mol. The van der Waals surface area contributed by atoms with E-state index in [9.17, 15) is 4.91 Å². The second-order valence-corrected chi connectivity index (χ2v) is 5.63. The Bertz CT molecular complexity index is 449. The number of hydrogen-bond donors (Lipinski definition) is 0. The van der Waals surface area contributed by atoms with E-state index in [0.29, 0.717) is 11.8 Å². The molecule has 0 aliphatic carbocycles. The molecule has 0 amide bonds. The van der Waals surface area contributed by atoms with Crippen LogP contribution in [0.4, 0.5) is 5.69 Å². The lowest BCUT2D eigenvalue weighted by Crippen LogP contribution is -2.10. The van der Waals surface area contributed by atoms with Gasteiger partial charge in [0.15, 0.2) is 0 Å². The van der Waals surface area contributed by atoms with Crippen LogP contribution in [-0.4, -0.2) is 11.8 Å². The zero-order chi connectivity index (χ0) is 14.6. The average Bonchev–Trinajstić information content (AvgIpc) is 2.37. The van der Waals surface area contributed by atoms with E-state index in [0.717, 1.165) is 11.4 Å². The number of para-hydroxylation sites is 1. The van der Waals surface area contributed by atoms with E-state index in [2.05, 4.69) is 51.1 Å². The van der Waals surface area contributed by atoms with Crippen molar-refractivity contribution in [2.45, 2.75) is 59.4 Å². The summed E-state index contributed by atoms with van der Waals surface area (Å²) >= 11 is 0. The van der Waals surface area contributed by atoms with Crippen LogP contribution in [0.15, 0.2) is 28.4 Å². The normalized spacial score (nSPS) is 14.0. The van der Waals surface area contributed by atoms with E-state index in [1.807, 2.05) is 6.92 Å². The zero-order valence-corrected chi connectivity index (χ0v) is 12.8. The van der Waals surface area contributed by atoms with Gasteiger partial charge >= 0.3 is 0 Å². The lowest BCUT2D eigenvalue weighted by atomic mass is 9.93. The summed E-state index contributed by atoms with van der Waals surface area (Å²) in [5, 5.41) is 3.05. The van der Waals surface area contributed by atoms with Gasteiger partial charge in [0.25, 0.3) is 0 Å². The first kappa shape index (κ1) is 15.5. The molecular formula is C16H24N2O. The summed E-state index contributed by atoms with van der Waals surface area (Å²) < 4.78 is 0. The molecule has 1 aromatic rings. The van der Waals surface area contributed by atoms with Gasteiger partial charge in [-0.2, -0.15) is 4.91 Å². The Labute approximate surface area is 116 Å². The van der Waals surface area contributed by atoms with E-state index in [1.54, 1.807) is 6.92 Å². The lowest BCUT2D eigenvalue weighted by molar-refractivity contribution is 0.833. The number of nitroso groups, excluding NO2 is 1. The first-order valence-corrected chi connectivity index (χ1v) is 6.88. The second-order valence-electron chi connectivity index (χ2n) is 5.63. The molecule has 0 fully saturated rings. The van der Waals surface area contributed by atoms with Crippen LogP contribution in [0.5, 0.6) is 0 Å². The summed E-state index contributed by atoms with van der Waals surface area (Å²) in [6.45, 7) is 12.3. The van der Waals surface area contributed by atoms with Crippen molar-refractivity contribution in [3.63, 3.8) is 0 Å². The molecule has 1 unspecified atom stereocenters. The van der Waals surface area contributed by atoms with E-state index >= 15 is 0 Å². The number of benzene rings is 1. The van der Waals surface area contributed by atoms with Crippen LogP contribution in [0.3, 0.4) is 0 Å². The third-order valence-electron chi connectivity index (χ3n) is 3.39. The van der Waals surface area contributed by atoms with Gasteiger partial charge in [0.05, 0.1) is 5.69 Å². The molecule has 1 aromatic carbocycles. The van der Waals surface area contributed by atoms with E-state index < -0.39 is 0 Å². The van der Waals surface area contributed by atoms with Crippen LogP contribution in [0, 0.1) is 4.91 Å². The van der Waals surface area contributed by atoms with Gasteiger partial charge in [0, 0.05) is 5.71 Å². The highest BCUT2D eigenvalue weighted by Gasteiger charge is 2.14. The molecular weight excluding hydrogens is 236 g/mol. The van der Waals surface area contributed by atoms with Crippen LogP contribution in [-0.2, 0) is 0 Å². The average molecular weight is 260 g/mol. The van der Waals surface area contributed by atoms with Crippen molar-refractivity contribution >= 4 is 11.4 Å². The molecule has 1 rings (SSSR count). The van der Waals surface area contributed by atoms with Gasteiger partial charge in [-0.25, -0.2) is 0 Å². The lowest BCUT2D eigenvalue weighted by Gasteiger charge is -2.17. The molecule has 0 radical (unpaired) electrons. The Kier molecular flexibility index (Phi) is 5.40. The maximum Gasteiger partial charge on any atom is 0.127 e. The van der Waals surface area contributed by atoms with Gasteiger partial charge in [-0.1, -0.05) is 51.1 Å². The predicted molar refractivity (Wildman–Crippen MR) is 82.6 cm³/mol. The summed E-state index contributed by atoms with van der Waals surface area (Å²) in [7, 11) is 0. The summed E-state index contributed by atoms with van der Waals surface area (Å²) in [5.74, 6) is 0.814. The predicted octanol–water partition coefficient (Wildman–Crippen LogP) is 5.18. The van der Waals surface area contributed by atoms with Crippen molar-refractivity contribution in [1.29, 1.82) is 0 Å². The van der Waals surface area contributed by atoms with Gasteiger partial charge in [-0.3, -0.25) is 4.99 Å². The summed E-state index contributed by atoms with van der Waals surface area (Å²) in [6, 6.07) is 5.93. The van der Waals surface area contributed by atoms with Crippen molar-refractivity contribution in [3.8, 4) is 0 Å². The molecule has 0 spiro atoms. The molecule has 0 saturated carbocycles. The second kappa shape index (κ2) is 6.60. The van der Waals surface area contributed by atoms with Crippen LogP contribution in [0.2, 0.25) is 0 Å². The molecule has 0 aromatic heterocycles. The quantitative estimate of drug-likeness (QED) is 0.531. The van der Waals surface area contributed by atoms with E-state index in [1.165, 1.54) is 11.1 Å². The molecule has 3 nitrogen and oxygen atoms in total. The molecule has 3 heteroatoms. The van der Waals surface area contributed by atoms with Crippen LogP contribution in [0.25, 0.3) is 0 Å². The number of nitrogens with zero attached hydrogens (tertiary/aromatic N) is 2. The molecule has 1 atom stereocenters.